The molecule has 1 aromatic heterocycles. The molecule has 1 unspecified atom stereocenters. The first kappa shape index (κ1) is 25.0. The van der Waals surface area contributed by atoms with Crippen LogP contribution in [0.15, 0.2) is 61.2 Å². The largest absolute Gasteiger partial charge is 0.493 e. The number of aryl methyl sites for hydroxylation is 1. The summed E-state index contributed by atoms with van der Waals surface area (Å²) in [4.78, 5) is 6.17. The number of aromatic nitrogens is 2. The highest BCUT2D eigenvalue weighted by atomic mass is 19.1. The maximum Gasteiger partial charge on any atom is 0.161 e. The quantitative estimate of drug-likeness (QED) is 0.418. The van der Waals surface area contributed by atoms with Gasteiger partial charge in [0.1, 0.15) is 23.8 Å². The van der Waals surface area contributed by atoms with Gasteiger partial charge in [0.25, 0.3) is 0 Å². The summed E-state index contributed by atoms with van der Waals surface area (Å²) in [6.45, 7) is 3.79. The van der Waals surface area contributed by atoms with Crippen molar-refractivity contribution in [2.45, 2.75) is 25.1 Å². The molecule has 1 fully saturated rings. The predicted molar refractivity (Wildman–Crippen MR) is 128 cm³/mol. The molecule has 1 aliphatic heterocycles. The summed E-state index contributed by atoms with van der Waals surface area (Å²) >= 11 is 0. The van der Waals surface area contributed by atoms with Crippen LogP contribution in [0, 0.1) is 5.82 Å². The Morgan fingerprint density at radius 1 is 1.14 bits per heavy atom. The summed E-state index contributed by atoms with van der Waals surface area (Å²) in [6.07, 6.45) is 6.34. The molecule has 9 heteroatoms. The minimum absolute atomic E-state index is 0.0459. The highest BCUT2D eigenvalue weighted by Crippen LogP contribution is 2.29. The molecule has 1 atom stereocenters. The number of rotatable bonds is 11. The first-order valence-electron chi connectivity index (χ1n) is 11.7. The lowest BCUT2D eigenvalue weighted by molar-refractivity contribution is -0.0646. The van der Waals surface area contributed by atoms with E-state index < -0.39 is 5.60 Å². The molecule has 1 aliphatic rings. The number of halogens is 1. The Morgan fingerprint density at radius 3 is 2.77 bits per heavy atom. The lowest BCUT2D eigenvalue weighted by Crippen LogP contribution is -2.48. The maximum atomic E-state index is 13.1. The molecule has 0 aliphatic carbocycles. The molecular weight excluding hydrogens is 453 g/mol. The van der Waals surface area contributed by atoms with Gasteiger partial charge in [0.05, 0.1) is 33.3 Å². The lowest BCUT2D eigenvalue weighted by atomic mass is 10.1. The van der Waals surface area contributed by atoms with E-state index >= 15 is 0 Å². The maximum absolute atomic E-state index is 13.1. The molecule has 2 heterocycles. The molecule has 0 saturated carbocycles. The minimum Gasteiger partial charge on any atom is -0.493 e. The van der Waals surface area contributed by atoms with Crippen LogP contribution in [0.1, 0.15) is 12.0 Å². The van der Waals surface area contributed by atoms with Crippen LogP contribution in [0.2, 0.25) is 0 Å². The molecule has 0 spiro atoms. The zero-order chi connectivity index (χ0) is 24.5. The summed E-state index contributed by atoms with van der Waals surface area (Å²) in [5.74, 6) is 1.54. The first-order valence-corrected chi connectivity index (χ1v) is 11.7. The second kappa shape index (κ2) is 12.0. The van der Waals surface area contributed by atoms with Crippen molar-refractivity contribution >= 4 is 0 Å². The Kier molecular flexibility index (Phi) is 8.57. The monoisotopic (exact) mass is 485 g/mol. The van der Waals surface area contributed by atoms with Crippen LogP contribution in [-0.2, 0) is 17.8 Å². The van der Waals surface area contributed by atoms with E-state index in [9.17, 15) is 9.50 Å². The van der Waals surface area contributed by atoms with Gasteiger partial charge < -0.3 is 28.6 Å². The van der Waals surface area contributed by atoms with Gasteiger partial charge in [-0.05, 0) is 48.4 Å². The molecule has 0 bridgehead atoms. The van der Waals surface area contributed by atoms with Gasteiger partial charge in [-0.1, -0.05) is 6.07 Å². The van der Waals surface area contributed by atoms with Crippen LogP contribution >= 0.6 is 0 Å². The van der Waals surface area contributed by atoms with E-state index in [-0.39, 0.29) is 19.0 Å². The van der Waals surface area contributed by atoms with Crippen molar-refractivity contribution in [1.82, 2.24) is 14.5 Å². The first-order chi connectivity index (χ1) is 17.0. The molecule has 35 heavy (non-hydrogen) atoms. The summed E-state index contributed by atoms with van der Waals surface area (Å²) in [5, 5.41) is 11.1. The normalized spacial score (nSPS) is 18.7. The van der Waals surface area contributed by atoms with Gasteiger partial charge in [0.2, 0.25) is 0 Å². The predicted octanol–water partition coefficient (Wildman–Crippen LogP) is 3.14. The Balaban J connectivity index is 1.32. The average molecular weight is 486 g/mol. The third-order valence-corrected chi connectivity index (χ3v) is 5.77. The van der Waals surface area contributed by atoms with Gasteiger partial charge in [-0.3, -0.25) is 4.90 Å². The molecule has 1 saturated heterocycles. The molecule has 0 amide bonds. The van der Waals surface area contributed by atoms with Gasteiger partial charge in [-0.15, -0.1) is 0 Å². The summed E-state index contributed by atoms with van der Waals surface area (Å²) in [6, 6.07) is 11.6. The van der Waals surface area contributed by atoms with E-state index in [1.165, 1.54) is 12.1 Å². The van der Waals surface area contributed by atoms with Gasteiger partial charge in [0.15, 0.2) is 11.5 Å². The molecule has 188 valence electrons. The molecule has 4 rings (SSSR count). The molecule has 8 nitrogen and oxygen atoms in total. The smallest absolute Gasteiger partial charge is 0.161 e. The van der Waals surface area contributed by atoms with Crippen molar-refractivity contribution in [3.05, 3.63) is 72.6 Å². The van der Waals surface area contributed by atoms with Crippen molar-refractivity contribution in [1.29, 1.82) is 0 Å². The minimum atomic E-state index is -1.19. The molecule has 0 radical (unpaired) electrons. The fourth-order valence-corrected chi connectivity index (χ4v) is 4.00. The number of nitrogens with zero attached hydrogens (tertiary/aromatic N) is 3. The number of hydrogen-bond acceptors (Lipinski definition) is 7. The second-order valence-corrected chi connectivity index (χ2v) is 8.72. The van der Waals surface area contributed by atoms with E-state index in [1.54, 1.807) is 31.8 Å². The highest BCUT2D eigenvalue weighted by Gasteiger charge is 2.33. The molecule has 3 aromatic rings. The van der Waals surface area contributed by atoms with Crippen LogP contribution in [0.5, 0.6) is 17.2 Å². The van der Waals surface area contributed by atoms with Crippen molar-refractivity contribution < 1.29 is 28.4 Å². The number of β-amino-alcohol motifs (C(OH)–C–C–N with tert-alkyl or cyclic N) is 1. The fraction of sp³-hybridized carbons (Fsp3) is 0.423. The van der Waals surface area contributed by atoms with Gasteiger partial charge in [-0.2, -0.15) is 0 Å². The number of imidazole rings is 1. The van der Waals surface area contributed by atoms with Crippen molar-refractivity contribution in [2.24, 2.45) is 0 Å². The Labute approximate surface area is 204 Å². The van der Waals surface area contributed by atoms with Crippen LogP contribution in [-0.4, -0.2) is 71.8 Å². The van der Waals surface area contributed by atoms with Crippen molar-refractivity contribution in [3.63, 3.8) is 0 Å². The number of hydrogen-bond donors (Lipinski definition) is 1. The van der Waals surface area contributed by atoms with E-state index in [4.69, 9.17) is 18.9 Å². The summed E-state index contributed by atoms with van der Waals surface area (Å²) in [5.41, 5.74) is -0.149. The number of aliphatic hydroxyl groups is 1. The zero-order valence-electron chi connectivity index (χ0n) is 19.9. The number of benzene rings is 2. The van der Waals surface area contributed by atoms with Crippen LogP contribution < -0.4 is 14.2 Å². The van der Waals surface area contributed by atoms with E-state index in [0.717, 1.165) is 18.5 Å². The van der Waals surface area contributed by atoms with Crippen LogP contribution in [0.4, 0.5) is 4.39 Å². The van der Waals surface area contributed by atoms with E-state index in [1.807, 2.05) is 29.0 Å². The summed E-state index contributed by atoms with van der Waals surface area (Å²) < 4.78 is 38.0. The van der Waals surface area contributed by atoms with E-state index in [0.29, 0.717) is 50.1 Å². The number of ether oxygens (including phenoxy) is 4. The zero-order valence-corrected chi connectivity index (χ0v) is 19.9. The highest BCUT2D eigenvalue weighted by molar-refractivity contribution is 5.43. The Hall–Kier alpha value is -3.14. The molecule has 2 aromatic carbocycles. The third-order valence-electron chi connectivity index (χ3n) is 5.77. The standard InChI is InChI=1S/C26H32FN3O5/c1-32-25-15-21(3-8-24(25)34-13-2-10-29-11-9-28-20-29)16-30-12-14-33-18-26(31,17-30)19-35-23-6-4-22(27)5-7-23/h3-9,11,15,20,31H,2,10,12-14,16-19H2,1H3. The fourth-order valence-electron chi connectivity index (χ4n) is 4.00. The van der Waals surface area contributed by atoms with Gasteiger partial charge >= 0.3 is 0 Å². The topological polar surface area (TPSA) is 78.2 Å². The number of methoxy groups -OCH3 is 1. The SMILES string of the molecule is COc1cc(CN2CCOCC(O)(COc3ccc(F)cc3)C2)ccc1OCCCn1ccnc1. The molecule has 1 N–H and O–H groups in total. The Bertz CT molecular complexity index is 1050. The average Bonchev–Trinajstić information content (AvgIpc) is 3.31. The van der Waals surface area contributed by atoms with Crippen LogP contribution in [0.25, 0.3) is 0 Å². The molecular formula is C26H32FN3O5. The second-order valence-electron chi connectivity index (χ2n) is 8.72. The van der Waals surface area contributed by atoms with Crippen LogP contribution in [0.3, 0.4) is 0 Å². The van der Waals surface area contributed by atoms with Crippen molar-refractivity contribution in [2.75, 3.05) is 46.6 Å². The third kappa shape index (κ3) is 7.42. The van der Waals surface area contributed by atoms with Gasteiger partial charge in [-0.25, -0.2) is 9.37 Å². The van der Waals surface area contributed by atoms with E-state index in [2.05, 4.69) is 9.88 Å². The van der Waals surface area contributed by atoms with Gasteiger partial charge in [0, 0.05) is 38.6 Å². The Morgan fingerprint density at radius 2 is 2.00 bits per heavy atom. The van der Waals surface area contributed by atoms with Crippen molar-refractivity contribution in [3.8, 4) is 17.2 Å². The summed E-state index contributed by atoms with van der Waals surface area (Å²) in [7, 11) is 1.63. The lowest BCUT2D eigenvalue weighted by Gasteiger charge is -2.30.